The van der Waals surface area contributed by atoms with Crippen LogP contribution in [0.3, 0.4) is 0 Å². The van der Waals surface area contributed by atoms with Crippen LogP contribution in [0.25, 0.3) is 0 Å². The second kappa shape index (κ2) is 4.79. The predicted octanol–water partition coefficient (Wildman–Crippen LogP) is 3.09. The Hall–Kier alpha value is -1.97. The van der Waals surface area contributed by atoms with Crippen molar-refractivity contribution in [1.82, 2.24) is 0 Å². The standard InChI is InChI=1S/C18H16O3/c1-11-7-9-12(10-8-11)14(19)16-18(21-16)17-15(20-17)13-5-3-2-4-6-13/h2-10,15-18H,1H3/t15-,16+,17+,18-/m1/s1. The molecule has 3 nitrogen and oxygen atoms in total. The lowest BCUT2D eigenvalue weighted by atomic mass is 10.0. The number of aryl methyl sites for hydroxylation is 1. The van der Waals surface area contributed by atoms with Crippen LogP contribution in [0.5, 0.6) is 0 Å². The third-order valence-corrected chi connectivity index (χ3v) is 4.10. The maximum Gasteiger partial charge on any atom is 0.194 e. The molecule has 0 N–H and O–H groups in total. The smallest absolute Gasteiger partial charge is 0.194 e. The van der Waals surface area contributed by atoms with E-state index in [9.17, 15) is 4.79 Å². The summed E-state index contributed by atoms with van der Waals surface area (Å²) in [7, 11) is 0. The fourth-order valence-corrected chi connectivity index (χ4v) is 2.75. The first-order valence-electron chi connectivity index (χ1n) is 7.21. The first-order valence-corrected chi connectivity index (χ1v) is 7.21. The lowest BCUT2D eigenvalue weighted by Gasteiger charge is -1.97. The van der Waals surface area contributed by atoms with Crippen LogP contribution in [0.2, 0.25) is 0 Å². The largest absolute Gasteiger partial charge is 0.362 e. The number of epoxide rings is 2. The van der Waals surface area contributed by atoms with E-state index in [1.54, 1.807) is 0 Å². The minimum absolute atomic E-state index is 0.0202. The van der Waals surface area contributed by atoms with Crippen LogP contribution < -0.4 is 0 Å². The van der Waals surface area contributed by atoms with Crippen LogP contribution in [-0.4, -0.2) is 24.1 Å². The number of carbonyl (C=O) groups is 1. The van der Waals surface area contributed by atoms with Gasteiger partial charge in [-0.05, 0) is 12.5 Å². The molecule has 0 radical (unpaired) electrons. The summed E-state index contributed by atoms with van der Waals surface area (Å²) in [5.41, 5.74) is 3.01. The first-order chi connectivity index (χ1) is 10.2. The predicted molar refractivity (Wildman–Crippen MR) is 78.2 cm³/mol. The second-order valence-electron chi connectivity index (χ2n) is 5.68. The number of rotatable bonds is 4. The van der Waals surface area contributed by atoms with E-state index >= 15 is 0 Å². The Bertz CT molecular complexity index is 663. The molecular weight excluding hydrogens is 264 g/mol. The van der Waals surface area contributed by atoms with Crippen molar-refractivity contribution >= 4 is 5.78 Å². The normalized spacial score (nSPS) is 30.0. The van der Waals surface area contributed by atoms with Crippen LogP contribution in [0, 0.1) is 6.92 Å². The molecule has 2 aromatic rings. The summed E-state index contributed by atoms with van der Waals surface area (Å²) in [5, 5.41) is 0. The van der Waals surface area contributed by atoms with Crippen molar-refractivity contribution in [2.24, 2.45) is 0 Å². The average Bonchev–Trinajstić information content (AvgIpc) is 3.40. The highest BCUT2D eigenvalue weighted by atomic mass is 16.7. The van der Waals surface area contributed by atoms with E-state index in [0.29, 0.717) is 5.56 Å². The van der Waals surface area contributed by atoms with Gasteiger partial charge in [-0.1, -0.05) is 60.2 Å². The molecule has 0 aliphatic carbocycles. The molecule has 2 fully saturated rings. The molecule has 2 aromatic carbocycles. The van der Waals surface area contributed by atoms with Gasteiger partial charge in [0.2, 0.25) is 0 Å². The van der Waals surface area contributed by atoms with Crippen molar-refractivity contribution in [3.8, 4) is 0 Å². The van der Waals surface area contributed by atoms with Gasteiger partial charge in [0.1, 0.15) is 24.4 Å². The lowest BCUT2D eigenvalue weighted by molar-refractivity contribution is 0.0953. The molecule has 2 aliphatic heterocycles. The van der Waals surface area contributed by atoms with E-state index in [4.69, 9.17) is 9.47 Å². The van der Waals surface area contributed by atoms with Crippen molar-refractivity contribution in [1.29, 1.82) is 0 Å². The Morgan fingerprint density at radius 3 is 2.33 bits per heavy atom. The van der Waals surface area contributed by atoms with Gasteiger partial charge in [-0.2, -0.15) is 0 Å². The molecule has 0 bridgehead atoms. The molecule has 106 valence electrons. The minimum atomic E-state index is -0.341. The number of benzene rings is 2. The Kier molecular flexibility index (Phi) is 2.91. The Labute approximate surface area is 123 Å². The monoisotopic (exact) mass is 280 g/mol. The number of Topliss-reactive ketones (excluding diaryl/α,β-unsaturated/α-hetero) is 1. The number of ether oxygens (including phenoxy) is 2. The van der Waals surface area contributed by atoms with Crippen molar-refractivity contribution in [3.05, 3.63) is 71.3 Å². The summed E-state index contributed by atoms with van der Waals surface area (Å²) in [4.78, 5) is 12.3. The van der Waals surface area contributed by atoms with E-state index in [0.717, 1.165) is 11.1 Å². The van der Waals surface area contributed by atoms with E-state index < -0.39 is 0 Å². The molecule has 2 saturated heterocycles. The van der Waals surface area contributed by atoms with Crippen LogP contribution >= 0.6 is 0 Å². The fourth-order valence-electron chi connectivity index (χ4n) is 2.75. The van der Waals surface area contributed by atoms with Gasteiger partial charge < -0.3 is 9.47 Å². The van der Waals surface area contributed by atoms with Crippen LogP contribution in [0.1, 0.15) is 27.6 Å². The van der Waals surface area contributed by atoms with Gasteiger partial charge in [0, 0.05) is 5.56 Å². The number of ketones is 1. The first kappa shape index (κ1) is 12.7. The summed E-state index contributed by atoms with van der Waals surface area (Å²) in [6.45, 7) is 2.01. The Morgan fingerprint density at radius 2 is 1.62 bits per heavy atom. The third kappa shape index (κ3) is 2.39. The summed E-state index contributed by atoms with van der Waals surface area (Å²) in [6, 6.07) is 17.7. The van der Waals surface area contributed by atoms with Crippen LogP contribution in [0.15, 0.2) is 54.6 Å². The molecule has 0 saturated carbocycles. The highest BCUT2D eigenvalue weighted by Crippen LogP contribution is 2.48. The van der Waals surface area contributed by atoms with Crippen LogP contribution in [0.4, 0.5) is 0 Å². The van der Waals surface area contributed by atoms with Gasteiger partial charge in [-0.25, -0.2) is 0 Å². The number of carbonyl (C=O) groups excluding carboxylic acids is 1. The molecule has 2 aliphatic rings. The zero-order chi connectivity index (χ0) is 14.4. The third-order valence-electron chi connectivity index (χ3n) is 4.10. The van der Waals surface area contributed by atoms with Gasteiger partial charge >= 0.3 is 0 Å². The van der Waals surface area contributed by atoms with E-state index in [1.165, 1.54) is 0 Å². The fraction of sp³-hybridized carbons (Fsp3) is 0.278. The van der Waals surface area contributed by atoms with Gasteiger partial charge in [-0.15, -0.1) is 0 Å². The zero-order valence-electron chi connectivity index (χ0n) is 11.7. The van der Waals surface area contributed by atoms with E-state index in [1.807, 2.05) is 61.5 Å². The van der Waals surface area contributed by atoms with E-state index in [2.05, 4.69) is 0 Å². The lowest BCUT2D eigenvalue weighted by Crippen LogP contribution is -2.13. The summed E-state index contributed by atoms with van der Waals surface area (Å²) in [6.07, 6.45) is -0.339. The van der Waals surface area contributed by atoms with E-state index in [-0.39, 0.29) is 30.2 Å². The SMILES string of the molecule is Cc1ccc(C(=O)[C@@H]2O[C@H]2[C@H]2O[C@@H]2c2ccccc2)cc1. The quantitative estimate of drug-likeness (QED) is 0.638. The van der Waals surface area contributed by atoms with Crippen molar-refractivity contribution in [2.45, 2.75) is 31.3 Å². The van der Waals surface area contributed by atoms with Gasteiger partial charge in [0.05, 0.1) is 0 Å². The van der Waals surface area contributed by atoms with Crippen molar-refractivity contribution in [2.75, 3.05) is 0 Å². The zero-order valence-corrected chi connectivity index (χ0v) is 11.7. The molecular formula is C18H16O3. The maximum absolute atomic E-state index is 12.3. The van der Waals surface area contributed by atoms with Gasteiger partial charge in [-0.3, -0.25) is 4.79 Å². The molecule has 2 heterocycles. The summed E-state index contributed by atoms with van der Waals surface area (Å²) < 4.78 is 11.2. The average molecular weight is 280 g/mol. The molecule has 3 heteroatoms. The molecule has 0 aromatic heterocycles. The second-order valence-corrected chi connectivity index (χ2v) is 5.68. The van der Waals surface area contributed by atoms with Gasteiger partial charge in [0.25, 0.3) is 0 Å². The molecule has 4 atom stereocenters. The number of hydrogen-bond donors (Lipinski definition) is 0. The molecule has 4 rings (SSSR count). The number of hydrogen-bond acceptors (Lipinski definition) is 3. The van der Waals surface area contributed by atoms with Crippen molar-refractivity contribution < 1.29 is 14.3 Å². The molecule has 0 spiro atoms. The maximum atomic E-state index is 12.3. The molecule has 0 unspecified atom stereocenters. The summed E-state index contributed by atoms with van der Waals surface area (Å²) >= 11 is 0. The molecule has 21 heavy (non-hydrogen) atoms. The minimum Gasteiger partial charge on any atom is -0.362 e. The molecule has 0 amide bonds. The summed E-state index contributed by atoms with van der Waals surface area (Å²) in [5.74, 6) is 0.0577. The highest BCUT2D eigenvalue weighted by Gasteiger charge is 2.60. The van der Waals surface area contributed by atoms with Crippen LogP contribution in [-0.2, 0) is 9.47 Å². The Balaban J connectivity index is 1.41. The topological polar surface area (TPSA) is 42.1 Å². The Morgan fingerprint density at radius 1 is 0.905 bits per heavy atom. The highest BCUT2D eigenvalue weighted by molar-refractivity contribution is 6.01. The van der Waals surface area contributed by atoms with Gasteiger partial charge in [0.15, 0.2) is 5.78 Å². The van der Waals surface area contributed by atoms with Crippen molar-refractivity contribution in [3.63, 3.8) is 0 Å².